The quantitative estimate of drug-likeness (QED) is 0.651. The summed E-state index contributed by atoms with van der Waals surface area (Å²) in [6.07, 6.45) is 0.785. The van der Waals surface area contributed by atoms with Crippen LogP contribution < -0.4 is 0 Å². The van der Waals surface area contributed by atoms with Gasteiger partial charge in [0.05, 0.1) is 12.9 Å². The van der Waals surface area contributed by atoms with E-state index in [-0.39, 0.29) is 11.7 Å². The number of hydrogen-bond acceptors (Lipinski definition) is 4. The third-order valence-electron chi connectivity index (χ3n) is 2.29. The Labute approximate surface area is 85.6 Å². The molecule has 0 saturated heterocycles. The summed E-state index contributed by atoms with van der Waals surface area (Å²) in [5.74, 6) is -0.569. The molecular weight excluding hydrogens is 204 g/mol. The molecule has 0 spiro atoms. The van der Waals surface area contributed by atoms with Crippen LogP contribution in [0, 0.1) is 5.92 Å². The minimum atomic E-state index is -3.36. The summed E-state index contributed by atoms with van der Waals surface area (Å²) in [4.78, 5) is 11.0. The van der Waals surface area contributed by atoms with Gasteiger partial charge in [0.25, 0.3) is 0 Å². The van der Waals surface area contributed by atoms with E-state index < -0.39 is 21.1 Å². The maximum Gasteiger partial charge on any atom is 0.323 e. The fourth-order valence-electron chi connectivity index (χ4n) is 0.971. The van der Waals surface area contributed by atoms with Crippen molar-refractivity contribution in [3.05, 3.63) is 0 Å². The van der Waals surface area contributed by atoms with Gasteiger partial charge in [-0.3, -0.25) is 4.79 Å². The Balaban J connectivity index is 4.55. The van der Waals surface area contributed by atoms with E-state index in [1.807, 2.05) is 13.8 Å². The van der Waals surface area contributed by atoms with Crippen molar-refractivity contribution in [3.8, 4) is 0 Å². The van der Waals surface area contributed by atoms with Crippen molar-refractivity contribution in [2.45, 2.75) is 32.4 Å². The zero-order chi connectivity index (χ0) is 11.4. The van der Waals surface area contributed by atoms with Crippen LogP contribution in [0.5, 0.6) is 0 Å². The molecule has 0 radical (unpaired) electrons. The number of methoxy groups -OCH3 is 1. The summed E-state index contributed by atoms with van der Waals surface area (Å²) in [6.45, 7) is 5.13. The molecule has 0 rings (SSSR count). The molecule has 5 heteroatoms. The number of ether oxygens (including phenoxy) is 1. The minimum absolute atomic E-state index is 0.0414. The van der Waals surface area contributed by atoms with Gasteiger partial charge in [0.2, 0.25) is 0 Å². The highest BCUT2D eigenvalue weighted by molar-refractivity contribution is 7.92. The van der Waals surface area contributed by atoms with Gasteiger partial charge in [0.15, 0.2) is 15.1 Å². The molecule has 0 bridgehead atoms. The normalized spacial score (nSPS) is 16.0. The number of carbonyl (C=O) groups excluding carboxylic acids is 1. The fourth-order valence-corrected chi connectivity index (χ4v) is 2.68. The molecule has 2 unspecified atom stereocenters. The predicted molar refractivity (Wildman–Crippen MR) is 54.7 cm³/mol. The van der Waals surface area contributed by atoms with Gasteiger partial charge >= 0.3 is 5.97 Å². The Kier molecular flexibility index (Phi) is 5.12. The van der Waals surface area contributed by atoms with E-state index in [0.29, 0.717) is 0 Å². The molecule has 0 N–H and O–H groups in total. The fraction of sp³-hybridized carbons (Fsp3) is 0.889. The van der Waals surface area contributed by atoms with Crippen LogP contribution in [0.25, 0.3) is 0 Å². The summed E-state index contributed by atoms with van der Waals surface area (Å²) in [6, 6.07) is 0. The SMILES string of the molecule is CCC(C)CS(=O)(=O)C(C)C(=O)OC. The van der Waals surface area contributed by atoms with E-state index >= 15 is 0 Å². The molecule has 2 atom stereocenters. The lowest BCUT2D eigenvalue weighted by Crippen LogP contribution is -2.32. The zero-order valence-corrected chi connectivity index (χ0v) is 9.93. The highest BCUT2D eigenvalue weighted by atomic mass is 32.2. The summed E-state index contributed by atoms with van der Waals surface area (Å²) in [7, 11) is -2.17. The van der Waals surface area contributed by atoms with Gasteiger partial charge in [-0.25, -0.2) is 8.42 Å². The van der Waals surface area contributed by atoms with Gasteiger partial charge in [0.1, 0.15) is 0 Å². The van der Waals surface area contributed by atoms with Gasteiger partial charge in [-0.2, -0.15) is 0 Å². The van der Waals surface area contributed by atoms with Crippen molar-refractivity contribution in [1.29, 1.82) is 0 Å². The van der Waals surface area contributed by atoms with Crippen molar-refractivity contribution >= 4 is 15.8 Å². The van der Waals surface area contributed by atoms with Crippen LogP contribution in [0.1, 0.15) is 27.2 Å². The maximum absolute atomic E-state index is 11.6. The molecule has 0 saturated carbocycles. The summed E-state index contributed by atoms with van der Waals surface area (Å²) >= 11 is 0. The number of esters is 1. The molecule has 0 aliphatic heterocycles. The molecule has 0 aliphatic rings. The third kappa shape index (κ3) is 3.65. The molecule has 0 aromatic rings. The van der Waals surface area contributed by atoms with Gasteiger partial charge in [-0.05, 0) is 12.8 Å². The average Bonchev–Trinajstić information content (AvgIpc) is 2.14. The third-order valence-corrected chi connectivity index (χ3v) is 4.59. The van der Waals surface area contributed by atoms with Crippen molar-refractivity contribution in [2.75, 3.05) is 12.9 Å². The largest absolute Gasteiger partial charge is 0.468 e. The Bertz CT molecular complexity index is 281. The van der Waals surface area contributed by atoms with Gasteiger partial charge < -0.3 is 4.74 Å². The lowest BCUT2D eigenvalue weighted by molar-refractivity contribution is -0.139. The second kappa shape index (κ2) is 5.34. The topological polar surface area (TPSA) is 60.4 Å². The van der Waals surface area contributed by atoms with Crippen LogP contribution in [0.15, 0.2) is 0 Å². The van der Waals surface area contributed by atoms with Gasteiger partial charge in [-0.15, -0.1) is 0 Å². The molecule has 0 heterocycles. The monoisotopic (exact) mass is 222 g/mol. The second-order valence-corrected chi connectivity index (χ2v) is 5.87. The Morgan fingerprint density at radius 3 is 2.21 bits per heavy atom. The Morgan fingerprint density at radius 1 is 1.36 bits per heavy atom. The molecular formula is C9H18O4S. The molecule has 4 nitrogen and oxygen atoms in total. The van der Waals surface area contributed by atoms with Crippen LogP contribution >= 0.6 is 0 Å². The van der Waals surface area contributed by atoms with E-state index in [1.54, 1.807) is 0 Å². The Morgan fingerprint density at radius 2 is 1.86 bits per heavy atom. The maximum atomic E-state index is 11.6. The number of sulfone groups is 1. The standard InChI is InChI=1S/C9H18O4S/c1-5-7(2)6-14(11,12)8(3)9(10)13-4/h7-8H,5-6H2,1-4H3. The lowest BCUT2D eigenvalue weighted by Gasteiger charge is -2.13. The molecule has 0 amide bonds. The predicted octanol–water partition coefficient (Wildman–Crippen LogP) is 1.01. The highest BCUT2D eigenvalue weighted by Gasteiger charge is 2.29. The molecule has 0 aliphatic carbocycles. The first-order chi connectivity index (χ1) is 6.35. The van der Waals surface area contributed by atoms with E-state index in [2.05, 4.69) is 4.74 Å². The smallest absolute Gasteiger partial charge is 0.323 e. The number of rotatable bonds is 5. The molecule has 0 aromatic heterocycles. The zero-order valence-electron chi connectivity index (χ0n) is 9.11. The summed E-state index contributed by atoms with van der Waals surface area (Å²) in [5.41, 5.74) is 0. The van der Waals surface area contributed by atoms with Crippen molar-refractivity contribution in [1.82, 2.24) is 0 Å². The first-order valence-corrected chi connectivity index (χ1v) is 6.36. The van der Waals surface area contributed by atoms with Crippen LogP contribution in [0.4, 0.5) is 0 Å². The molecule has 14 heavy (non-hydrogen) atoms. The van der Waals surface area contributed by atoms with Crippen LogP contribution in [0.2, 0.25) is 0 Å². The van der Waals surface area contributed by atoms with Gasteiger partial charge in [-0.1, -0.05) is 20.3 Å². The average molecular weight is 222 g/mol. The van der Waals surface area contributed by atoms with Crippen LogP contribution in [0.3, 0.4) is 0 Å². The van der Waals surface area contributed by atoms with E-state index in [9.17, 15) is 13.2 Å². The van der Waals surface area contributed by atoms with Crippen molar-refractivity contribution in [2.24, 2.45) is 5.92 Å². The first-order valence-electron chi connectivity index (χ1n) is 4.64. The Hall–Kier alpha value is -0.580. The van der Waals surface area contributed by atoms with E-state index in [0.717, 1.165) is 6.42 Å². The van der Waals surface area contributed by atoms with Crippen molar-refractivity contribution in [3.63, 3.8) is 0 Å². The van der Waals surface area contributed by atoms with Gasteiger partial charge in [0, 0.05) is 0 Å². The summed E-state index contributed by atoms with van der Waals surface area (Å²) < 4.78 is 27.6. The summed E-state index contributed by atoms with van der Waals surface area (Å²) in [5, 5.41) is -1.05. The first kappa shape index (κ1) is 13.4. The molecule has 84 valence electrons. The molecule has 0 aromatic carbocycles. The number of hydrogen-bond donors (Lipinski definition) is 0. The number of carbonyl (C=O) groups is 1. The van der Waals surface area contributed by atoms with E-state index in [4.69, 9.17) is 0 Å². The second-order valence-electron chi connectivity index (χ2n) is 3.51. The van der Waals surface area contributed by atoms with Crippen LogP contribution in [-0.4, -0.2) is 32.5 Å². The lowest BCUT2D eigenvalue weighted by atomic mass is 10.2. The van der Waals surface area contributed by atoms with E-state index in [1.165, 1.54) is 14.0 Å². The minimum Gasteiger partial charge on any atom is -0.468 e. The molecule has 0 fully saturated rings. The van der Waals surface area contributed by atoms with Crippen molar-refractivity contribution < 1.29 is 17.9 Å². The highest BCUT2D eigenvalue weighted by Crippen LogP contribution is 2.11. The van der Waals surface area contributed by atoms with Crippen LogP contribution in [-0.2, 0) is 19.4 Å².